The van der Waals surface area contributed by atoms with E-state index in [0.29, 0.717) is 24.9 Å². The van der Waals surface area contributed by atoms with E-state index < -0.39 is 61.1 Å². The maximum absolute atomic E-state index is 12.8. The molecular weight excluding hydrogens is 434 g/mol. The van der Waals surface area contributed by atoms with Crippen LogP contribution in [0.1, 0.15) is 24.8 Å². The van der Waals surface area contributed by atoms with Crippen molar-refractivity contribution in [3.63, 3.8) is 0 Å². The number of hydrogen-bond donors (Lipinski definition) is 8. The molecule has 0 aliphatic rings. The van der Waals surface area contributed by atoms with Crippen LogP contribution in [0, 0.1) is 0 Å². The summed E-state index contributed by atoms with van der Waals surface area (Å²) in [5.74, 6) is -3.70. The van der Waals surface area contributed by atoms with Crippen LogP contribution in [0.3, 0.4) is 0 Å². The van der Waals surface area contributed by atoms with E-state index in [-0.39, 0.29) is 12.8 Å². The summed E-state index contributed by atoms with van der Waals surface area (Å²) in [5.41, 5.74) is 11.6. The average Bonchev–Trinajstić information content (AvgIpc) is 2.81. The van der Waals surface area contributed by atoms with Gasteiger partial charge in [0.25, 0.3) is 0 Å². The molecule has 0 saturated carbocycles. The van der Waals surface area contributed by atoms with Crippen molar-refractivity contribution in [3.05, 3.63) is 35.9 Å². The summed E-state index contributed by atoms with van der Waals surface area (Å²) in [6.07, 6.45) is 1.24. The van der Waals surface area contributed by atoms with Crippen molar-refractivity contribution in [2.75, 3.05) is 19.8 Å². The number of nitrogens with one attached hydrogen (secondary N) is 3. The minimum atomic E-state index is -1.45. The molecule has 0 bridgehead atoms. The van der Waals surface area contributed by atoms with E-state index in [1.807, 2.05) is 0 Å². The molecule has 0 radical (unpaired) electrons. The van der Waals surface area contributed by atoms with Crippen LogP contribution < -0.4 is 27.4 Å². The van der Waals surface area contributed by atoms with Gasteiger partial charge in [-0.05, 0) is 31.4 Å². The van der Waals surface area contributed by atoms with Crippen LogP contribution in [-0.4, -0.2) is 82.9 Å². The highest BCUT2D eigenvalue weighted by Gasteiger charge is 2.30. The van der Waals surface area contributed by atoms with Crippen LogP contribution >= 0.6 is 0 Å². The first-order valence-electron chi connectivity index (χ1n) is 10.6. The normalized spacial score (nSPS) is 14.4. The van der Waals surface area contributed by atoms with Gasteiger partial charge in [-0.15, -0.1) is 0 Å². The molecule has 184 valence electrons. The molecule has 1 aromatic rings. The Labute approximate surface area is 191 Å². The molecule has 0 spiro atoms. The van der Waals surface area contributed by atoms with E-state index in [1.165, 1.54) is 0 Å². The fourth-order valence-electron chi connectivity index (χ4n) is 2.91. The van der Waals surface area contributed by atoms with E-state index in [0.717, 1.165) is 0 Å². The molecule has 0 aromatic heterocycles. The molecule has 12 heteroatoms. The number of nitrogens with two attached hydrogens (primary N) is 2. The van der Waals surface area contributed by atoms with Crippen molar-refractivity contribution >= 4 is 23.7 Å². The summed E-state index contributed by atoms with van der Waals surface area (Å²) in [6.45, 7) is -1.05. The van der Waals surface area contributed by atoms with Crippen molar-refractivity contribution in [3.8, 4) is 0 Å². The van der Waals surface area contributed by atoms with Crippen LogP contribution in [-0.2, 0) is 25.6 Å². The average molecular weight is 468 g/mol. The summed E-state index contributed by atoms with van der Waals surface area (Å²) in [5, 5.41) is 35.0. The number of carboxylic acid groups (broad SMARTS) is 1. The number of carbonyl (C=O) groups is 4. The Morgan fingerprint density at radius 2 is 1.39 bits per heavy atom. The van der Waals surface area contributed by atoms with Gasteiger partial charge < -0.3 is 42.7 Å². The smallest absolute Gasteiger partial charge is 0.326 e. The Balaban J connectivity index is 2.90. The van der Waals surface area contributed by atoms with Gasteiger partial charge in [0.05, 0.1) is 13.2 Å². The molecule has 10 N–H and O–H groups in total. The predicted octanol–water partition coefficient (Wildman–Crippen LogP) is -2.79. The van der Waals surface area contributed by atoms with Crippen molar-refractivity contribution in [2.45, 2.75) is 49.9 Å². The highest BCUT2D eigenvalue weighted by molar-refractivity contribution is 5.94. The van der Waals surface area contributed by atoms with Crippen molar-refractivity contribution < 1.29 is 34.5 Å². The number of carboxylic acids is 1. The van der Waals surface area contributed by atoms with Gasteiger partial charge in [0.2, 0.25) is 17.7 Å². The number of hydrogen-bond acceptors (Lipinski definition) is 8. The molecule has 3 amide bonds. The molecule has 12 nitrogen and oxygen atoms in total. The van der Waals surface area contributed by atoms with Crippen LogP contribution in [0.4, 0.5) is 0 Å². The van der Waals surface area contributed by atoms with Crippen molar-refractivity contribution in [2.24, 2.45) is 11.5 Å². The summed E-state index contributed by atoms with van der Waals surface area (Å²) in [4.78, 5) is 48.9. The molecule has 4 atom stereocenters. The second-order valence-electron chi connectivity index (χ2n) is 7.47. The molecular formula is C21H33N5O7. The number of benzene rings is 1. The monoisotopic (exact) mass is 467 g/mol. The largest absolute Gasteiger partial charge is 0.480 e. The lowest BCUT2D eigenvalue weighted by Crippen LogP contribution is -2.58. The zero-order chi connectivity index (χ0) is 24.8. The van der Waals surface area contributed by atoms with Gasteiger partial charge in [0, 0.05) is 6.42 Å². The maximum Gasteiger partial charge on any atom is 0.326 e. The van der Waals surface area contributed by atoms with E-state index >= 15 is 0 Å². The minimum absolute atomic E-state index is 0.0488. The number of aliphatic hydroxyl groups excluding tert-OH is 2. The van der Waals surface area contributed by atoms with Crippen LogP contribution in [0.25, 0.3) is 0 Å². The van der Waals surface area contributed by atoms with Gasteiger partial charge >= 0.3 is 5.97 Å². The Bertz CT molecular complexity index is 778. The summed E-state index contributed by atoms with van der Waals surface area (Å²) < 4.78 is 0. The Kier molecular flexibility index (Phi) is 12.6. The standard InChI is InChI=1S/C21H33N5O7/c22-9-5-4-8-15(21(32)33)24-20(31)17(12-28)26-19(30)16(25-18(29)14(23)11-27)10-13-6-2-1-3-7-13/h1-3,6-7,14-17,27-28H,4-5,8-12,22-23H2,(H,24,31)(H,25,29)(H,26,30)(H,32,33). The summed E-state index contributed by atoms with van der Waals surface area (Å²) in [7, 11) is 0. The SMILES string of the molecule is NCCCCC(NC(=O)C(CO)NC(=O)C(Cc1ccccc1)NC(=O)C(N)CO)C(=O)O. The molecule has 1 rings (SSSR count). The summed E-state index contributed by atoms with van der Waals surface area (Å²) in [6, 6.07) is 3.64. The molecule has 0 fully saturated rings. The quantitative estimate of drug-likeness (QED) is 0.125. The highest BCUT2D eigenvalue weighted by atomic mass is 16.4. The topological polar surface area (TPSA) is 217 Å². The molecule has 1 aromatic carbocycles. The zero-order valence-electron chi connectivity index (χ0n) is 18.3. The van der Waals surface area contributed by atoms with Crippen molar-refractivity contribution in [1.82, 2.24) is 16.0 Å². The lowest BCUT2D eigenvalue weighted by molar-refractivity contribution is -0.142. The first-order chi connectivity index (χ1) is 15.7. The molecule has 0 saturated heterocycles. The van der Waals surface area contributed by atoms with Gasteiger partial charge in [0.15, 0.2) is 0 Å². The third-order valence-electron chi connectivity index (χ3n) is 4.83. The summed E-state index contributed by atoms with van der Waals surface area (Å²) >= 11 is 0. The first kappa shape index (κ1) is 28.0. The number of aliphatic carboxylic acids is 1. The van der Waals surface area contributed by atoms with E-state index in [2.05, 4.69) is 16.0 Å². The van der Waals surface area contributed by atoms with Crippen molar-refractivity contribution in [1.29, 1.82) is 0 Å². The van der Waals surface area contributed by atoms with E-state index in [9.17, 15) is 29.4 Å². The van der Waals surface area contributed by atoms with Gasteiger partial charge in [0.1, 0.15) is 24.2 Å². The number of amides is 3. The Morgan fingerprint density at radius 1 is 0.818 bits per heavy atom. The number of carbonyl (C=O) groups excluding carboxylic acids is 3. The van der Waals surface area contributed by atoms with E-state index in [1.54, 1.807) is 30.3 Å². The Hall–Kier alpha value is -3.06. The highest BCUT2D eigenvalue weighted by Crippen LogP contribution is 2.05. The van der Waals surface area contributed by atoms with Gasteiger partial charge in [-0.3, -0.25) is 14.4 Å². The number of unbranched alkanes of at least 4 members (excludes halogenated alkanes) is 1. The van der Waals surface area contributed by atoms with Gasteiger partial charge in [-0.25, -0.2) is 4.79 Å². The predicted molar refractivity (Wildman–Crippen MR) is 119 cm³/mol. The van der Waals surface area contributed by atoms with Gasteiger partial charge in [-0.2, -0.15) is 0 Å². The lowest BCUT2D eigenvalue weighted by atomic mass is 10.0. The zero-order valence-corrected chi connectivity index (χ0v) is 18.3. The van der Waals surface area contributed by atoms with Crippen LogP contribution in [0.15, 0.2) is 30.3 Å². The first-order valence-corrected chi connectivity index (χ1v) is 10.6. The fourth-order valence-corrected chi connectivity index (χ4v) is 2.91. The van der Waals surface area contributed by atoms with Crippen LogP contribution in [0.2, 0.25) is 0 Å². The molecule has 0 aliphatic heterocycles. The van der Waals surface area contributed by atoms with E-state index in [4.69, 9.17) is 16.6 Å². The second kappa shape index (κ2) is 14.9. The third-order valence-corrected chi connectivity index (χ3v) is 4.83. The molecule has 0 heterocycles. The maximum atomic E-state index is 12.8. The Morgan fingerprint density at radius 3 is 1.94 bits per heavy atom. The number of rotatable bonds is 15. The second-order valence-corrected chi connectivity index (χ2v) is 7.47. The molecule has 33 heavy (non-hydrogen) atoms. The number of aliphatic hydroxyl groups is 2. The molecule has 4 unspecified atom stereocenters. The molecule has 0 aliphatic carbocycles. The van der Waals surface area contributed by atoms with Gasteiger partial charge in [-0.1, -0.05) is 30.3 Å². The van der Waals surface area contributed by atoms with Crippen LogP contribution in [0.5, 0.6) is 0 Å². The minimum Gasteiger partial charge on any atom is -0.480 e. The third kappa shape index (κ3) is 9.95. The fraction of sp³-hybridized carbons (Fsp3) is 0.524. The lowest BCUT2D eigenvalue weighted by Gasteiger charge is -2.24.